The summed E-state index contributed by atoms with van der Waals surface area (Å²) in [7, 11) is 0. The molecule has 0 saturated carbocycles. The number of likely N-dealkylation sites (tertiary alicyclic amines) is 1. The summed E-state index contributed by atoms with van der Waals surface area (Å²) < 4.78 is 0. The third-order valence-electron chi connectivity index (χ3n) is 3.93. The summed E-state index contributed by atoms with van der Waals surface area (Å²) >= 11 is 0. The van der Waals surface area contributed by atoms with Crippen LogP contribution in [0.5, 0.6) is 0 Å². The van der Waals surface area contributed by atoms with E-state index in [2.05, 4.69) is 12.2 Å². The van der Waals surface area contributed by atoms with Crippen LogP contribution in [0.3, 0.4) is 0 Å². The number of nitrogens with zero attached hydrogens (tertiary/aromatic N) is 1. The van der Waals surface area contributed by atoms with Gasteiger partial charge in [0.2, 0.25) is 11.8 Å². The Kier molecular flexibility index (Phi) is 3.66. The molecule has 2 aliphatic heterocycles. The Morgan fingerprint density at radius 1 is 1.53 bits per heavy atom. The molecule has 96 valence electrons. The summed E-state index contributed by atoms with van der Waals surface area (Å²) in [6, 6.07) is -0.185. The minimum absolute atomic E-state index is 0.0160. The molecule has 3 atom stereocenters. The summed E-state index contributed by atoms with van der Waals surface area (Å²) in [6.07, 6.45) is 3.25. The standard InChI is InChI=1S/C12H21N3O2/c1-8-3-2-6-15(10(8)7-13)12(17)9-4-5-11(16)14-9/h8-10H,2-7,13H2,1H3,(H,14,16). The third kappa shape index (κ3) is 2.44. The molecule has 0 radical (unpaired) electrons. The van der Waals surface area contributed by atoms with Gasteiger partial charge in [-0.2, -0.15) is 0 Å². The largest absolute Gasteiger partial charge is 0.344 e. The average Bonchev–Trinajstić information content (AvgIpc) is 2.74. The molecular formula is C12H21N3O2. The second-order valence-corrected chi connectivity index (χ2v) is 5.11. The monoisotopic (exact) mass is 239 g/mol. The molecule has 0 aromatic rings. The highest BCUT2D eigenvalue weighted by Crippen LogP contribution is 2.24. The van der Waals surface area contributed by atoms with E-state index >= 15 is 0 Å². The number of piperidine rings is 1. The van der Waals surface area contributed by atoms with Crippen molar-refractivity contribution < 1.29 is 9.59 Å². The van der Waals surface area contributed by atoms with Gasteiger partial charge >= 0.3 is 0 Å². The zero-order valence-corrected chi connectivity index (χ0v) is 10.3. The number of hydrogen-bond acceptors (Lipinski definition) is 3. The Balaban J connectivity index is 2.04. The van der Waals surface area contributed by atoms with Gasteiger partial charge in [0.25, 0.3) is 0 Å². The Labute approximate surface area is 102 Å². The fraction of sp³-hybridized carbons (Fsp3) is 0.833. The van der Waals surface area contributed by atoms with Crippen LogP contribution in [0.2, 0.25) is 0 Å². The number of amides is 2. The van der Waals surface area contributed by atoms with E-state index in [9.17, 15) is 9.59 Å². The lowest BCUT2D eigenvalue weighted by molar-refractivity contribution is -0.138. The van der Waals surface area contributed by atoms with Crippen molar-refractivity contribution in [3.8, 4) is 0 Å². The number of hydrogen-bond donors (Lipinski definition) is 2. The van der Waals surface area contributed by atoms with E-state index in [1.165, 1.54) is 0 Å². The molecule has 0 spiro atoms. The van der Waals surface area contributed by atoms with Crippen molar-refractivity contribution in [3.05, 3.63) is 0 Å². The minimum atomic E-state index is -0.318. The molecule has 0 aromatic heterocycles. The molecule has 5 nitrogen and oxygen atoms in total. The lowest BCUT2D eigenvalue weighted by Crippen LogP contribution is -2.55. The molecule has 2 heterocycles. The number of nitrogens with one attached hydrogen (secondary N) is 1. The second kappa shape index (κ2) is 5.04. The van der Waals surface area contributed by atoms with Crippen LogP contribution in [0.4, 0.5) is 0 Å². The van der Waals surface area contributed by atoms with Crippen LogP contribution in [-0.4, -0.2) is 41.9 Å². The first-order valence-corrected chi connectivity index (χ1v) is 6.43. The first-order chi connectivity index (χ1) is 8.13. The molecule has 0 bridgehead atoms. The van der Waals surface area contributed by atoms with E-state index in [1.54, 1.807) is 0 Å². The van der Waals surface area contributed by atoms with Gasteiger partial charge in [0.05, 0.1) is 0 Å². The highest BCUT2D eigenvalue weighted by atomic mass is 16.2. The maximum absolute atomic E-state index is 12.3. The average molecular weight is 239 g/mol. The maximum atomic E-state index is 12.3. The SMILES string of the molecule is CC1CCCN(C(=O)C2CCC(=O)N2)C1CN. The van der Waals surface area contributed by atoms with Crippen molar-refractivity contribution in [1.82, 2.24) is 10.2 Å². The van der Waals surface area contributed by atoms with Crippen LogP contribution in [0, 0.1) is 5.92 Å². The van der Waals surface area contributed by atoms with Gasteiger partial charge in [-0.25, -0.2) is 0 Å². The number of rotatable bonds is 2. The fourth-order valence-corrected chi connectivity index (χ4v) is 2.88. The molecule has 0 aromatic carbocycles. The van der Waals surface area contributed by atoms with Crippen molar-refractivity contribution in [3.63, 3.8) is 0 Å². The molecule has 2 amide bonds. The normalized spacial score (nSPS) is 33.6. The van der Waals surface area contributed by atoms with Gasteiger partial charge in [-0.05, 0) is 25.2 Å². The predicted molar refractivity (Wildman–Crippen MR) is 64.1 cm³/mol. The van der Waals surface area contributed by atoms with Gasteiger partial charge in [0.15, 0.2) is 0 Å². The zero-order chi connectivity index (χ0) is 12.4. The Morgan fingerprint density at radius 2 is 2.29 bits per heavy atom. The number of carbonyl (C=O) groups is 2. The lowest BCUT2D eigenvalue weighted by Gasteiger charge is -2.40. The summed E-state index contributed by atoms with van der Waals surface area (Å²) in [6.45, 7) is 3.43. The van der Waals surface area contributed by atoms with Crippen molar-refractivity contribution in [2.24, 2.45) is 11.7 Å². The maximum Gasteiger partial charge on any atom is 0.245 e. The first-order valence-electron chi connectivity index (χ1n) is 6.43. The predicted octanol–water partition coefficient (Wildman–Crippen LogP) is -0.149. The molecule has 2 fully saturated rings. The summed E-state index contributed by atoms with van der Waals surface area (Å²) in [4.78, 5) is 25.3. The van der Waals surface area contributed by atoms with Gasteiger partial charge in [-0.15, -0.1) is 0 Å². The molecule has 2 rings (SSSR count). The van der Waals surface area contributed by atoms with Crippen molar-refractivity contribution in [2.45, 2.75) is 44.7 Å². The fourth-order valence-electron chi connectivity index (χ4n) is 2.88. The molecular weight excluding hydrogens is 218 g/mol. The smallest absolute Gasteiger partial charge is 0.245 e. The molecule has 2 aliphatic rings. The summed E-state index contributed by atoms with van der Waals surface area (Å²) in [5, 5.41) is 2.74. The first kappa shape index (κ1) is 12.4. The van der Waals surface area contributed by atoms with Crippen LogP contribution in [-0.2, 0) is 9.59 Å². The Morgan fingerprint density at radius 3 is 2.88 bits per heavy atom. The number of carbonyl (C=O) groups excluding carboxylic acids is 2. The van der Waals surface area contributed by atoms with Crippen LogP contribution < -0.4 is 11.1 Å². The Bertz CT molecular complexity index is 319. The molecule has 3 N–H and O–H groups in total. The van der Waals surface area contributed by atoms with Crippen LogP contribution in [0.25, 0.3) is 0 Å². The van der Waals surface area contributed by atoms with Gasteiger partial charge < -0.3 is 16.0 Å². The third-order valence-corrected chi connectivity index (χ3v) is 3.93. The number of nitrogens with two attached hydrogens (primary N) is 1. The van der Waals surface area contributed by atoms with Crippen molar-refractivity contribution >= 4 is 11.8 Å². The van der Waals surface area contributed by atoms with E-state index in [1.807, 2.05) is 4.90 Å². The van der Waals surface area contributed by atoms with Crippen LogP contribution in [0.15, 0.2) is 0 Å². The van der Waals surface area contributed by atoms with Gasteiger partial charge in [0, 0.05) is 25.6 Å². The topological polar surface area (TPSA) is 75.4 Å². The van der Waals surface area contributed by atoms with E-state index in [-0.39, 0.29) is 23.9 Å². The summed E-state index contributed by atoms with van der Waals surface area (Å²) in [5.41, 5.74) is 5.77. The van der Waals surface area contributed by atoms with Gasteiger partial charge in [-0.3, -0.25) is 9.59 Å². The van der Waals surface area contributed by atoms with Crippen LogP contribution >= 0.6 is 0 Å². The lowest BCUT2D eigenvalue weighted by atomic mass is 9.90. The van der Waals surface area contributed by atoms with E-state index in [0.29, 0.717) is 25.3 Å². The van der Waals surface area contributed by atoms with E-state index in [4.69, 9.17) is 5.73 Å². The van der Waals surface area contributed by atoms with Crippen LogP contribution in [0.1, 0.15) is 32.6 Å². The molecule has 17 heavy (non-hydrogen) atoms. The summed E-state index contributed by atoms with van der Waals surface area (Å²) in [5.74, 6) is 0.491. The molecule has 3 unspecified atom stereocenters. The highest BCUT2D eigenvalue weighted by molar-refractivity contribution is 5.91. The molecule has 5 heteroatoms. The van der Waals surface area contributed by atoms with E-state index < -0.39 is 0 Å². The van der Waals surface area contributed by atoms with Crippen molar-refractivity contribution in [1.29, 1.82) is 0 Å². The minimum Gasteiger partial charge on any atom is -0.344 e. The van der Waals surface area contributed by atoms with E-state index in [0.717, 1.165) is 19.4 Å². The Hall–Kier alpha value is -1.10. The highest BCUT2D eigenvalue weighted by Gasteiger charge is 2.36. The quantitative estimate of drug-likeness (QED) is 0.703. The van der Waals surface area contributed by atoms with Crippen molar-refractivity contribution in [2.75, 3.05) is 13.1 Å². The molecule has 0 aliphatic carbocycles. The van der Waals surface area contributed by atoms with Gasteiger partial charge in [-0.1, -0.05) is 6.92 Å². The van der Waals surface area contributed by atoms with Gasteiger partial charge in [0.1, 0.15) is 6.04 Å². The second-order valence-electron chi connectivity index (χ2n) is 5.11. The molecule has 2 saturated heterocycles. The zero-order valence-electron chi connectivity index (χ0n) is 10.3.